The van der Waals surface area contributed by atoms with E-state index in [0.29, 0.717) is 13.2 Å². The zero-order valence-electron chi connectivity index (χ0n) is 14.4. The lowest BCUT2D eigenvalue weighted by atomic mass is 10.2. The Hall–Kier alpha value is -0.0431. The van der Waals surface area contributed by atoms with Gasteiger partial charge in [0.1, 0.15) is 12.0 Å². The fourth-order valence-electron chi connectivity index (χ4n) is 2.00. The number of esters is 1. The van der Waals surface area contributed by atoms with Crippen molar-refractivity contribution in [3.8, 4) is 0 Å². The third-order valence-electron chi connectivity index (χ3n) is 4.22. The van der Waals surface area contributed by atoms with Gasteiger partial charge in [-0.15, -0.1) is 11.8 Å². The Labute approximate surface area is 134 Å². The standard InChI is InChI=1S/C15H30O4SSi/c1-8-17-14-9-12(13(20-14)10-18-11(2)16)19-21(6,7)15(3,4)5/h12-14H,8-10H2,1-7H3/t12-,13+,14?/m0/s1. The molecule has 0 aliphatic carbocycles. The summed E-state index contributed by atoms with van der Waals surface area (Å²) in [7, 11) is -1.83. The Bertz CT molecular complexity index is 354. The summed E-state index contributed by atoms with van der Waals surface area (Å²) in [6, 6.07) is 0. The highest BCUT2D eigenvalue weighted by atomic mass is 32.2. The van der Waals surface area contributed by atoms with E-state index in [1.165, 1.54) is 6.92 Å². The smallest absolute Gasteiger partial charge is 0.302 e. The van der Waals surface area contributed by atoms with Gasteiger partial charge < -0.3 is 13.9 Å². The fraction of sp³-hybridized carbons (Fsp3) is 0.933. The van der Waals surface area contributed by atoms with E-state index >= 15 is 0 Å². The molecule has 1 heterocycles. The maximum absolute atomic E-state index is 11.1. The zero-order chi connectivity index (χ0) is 16.3. The van der Waals surface area contributed by atoms with Crippen molar-refractivity contribution in [2.24, 2.45) is 0 Å². The molecule has 3 atom stereocenters. The quantitative estimate of drug-likeness (QED) is 0.546. The lowest BCUT2D eigenvalue weighted by Gasteiger charge is -2.39. The van der Waals surface area contributed by atoms with Gasteiger partial charge in [-0.1, -0.05) is 20.8 Å². The van der Waals surface area contributed by atoms with E-state index in [9.17, 15) is 4.79 Å². The number of carbonyl (C=O) groups excluding carboxylic acids is 1. The lowest BCUT2D eigenvalue weighted by molar-refractivity contribution is -0.141. The van der Waals surface area contributed by atoms with Crippen LogP contribution in [0.4, 0.5) is 0 Å². The Morgan fingerprint density at radius 3 is 2.43 bits per heavy atom. The van der Waals surface area contributed by atoms with Crippen LogP contribution in [0, 0.1) is 0 Å². The van der Waals surface area contributed by atoms with Gasteiger partial charge in [-0.2, -0.15) is 0 Å². The molecular weight excluding hydrogens is 304 g/mol. The highest BCUT2D eigenvalue weighted by molar-refractivity contribution is 8.00. The summed E-state index contributed by atoms with van der Waals surface area (Å²) in [5, 5.41) is 0.340. The number of ether oxygens (including phenoxy) is 2. The SMILES string of the molecule is CCOC1C[C@H](O[Si](C)(C)C(C)(C)C)[C@@H](COC(C)=O)S1. The van der Waals surface area contributed by atoms with Gasteiger partial charge in [0.15, 0.2) is 8.32 Å². The number of hydrogen-bond acceptors (Lipinski definition) is 5. The van der Waals surface area contributed by atoms with Gasteiger partial charge in [0.2, 0.25) is 0 Å². The van der Waals surface area contributed by atoms with Crippen molar-refractivity contribution >= 4 is 26.0 Å². The van der Waals surface area contributed by atoms with E-state index in [1.807, 2.05) is 6.92 Å². The molecule has 1 saturated heterocycles. The minimum Gasteiger partial charge on any atom is -0.465 e. The van der Waals surface area contributed by atoms with Crippen LogP contribution in [0.1, 0.15) is 41.0 Å². The number of rotatable bonds is 6. The molecule has 0 amide bonds. The van der Waals surface area contributed by atoms with Gasteiger partial charge in [-0.05, 0) is 25.1 Å². The summed E-state index contributed by atoms with van der Waals surface area (Å²) in [5.74, 6) is -0.235. The molecule has 1 aliphatic heterocycles. The minimum absolute atomic E-state index is 0.104. The van der Waals surface area contributed by atoms with E-state index in [1.54, 1.807) is 11.8 Å². The second-order valence-corrected chi connectivity index (χ2v) is 13.2. The second kappa shape index (κ2) is 7.48. The van der Waals surface area contributed by atoms with E-state index in [2.05, 4.69) is 33.9 Å². The predicted octanol–water partition coefficient (Wildman–Crippen LogP) is 3.81. The molecule has 1 rings (SSSR count). The topological polar surface area (TPSA) is 44.8 Å². The Kier molecular flexibility index (Phi) is 6.77. The third-order valence-corrected chi connectivity index (χ3v) is 10.1. The van der Waals surface area contributed by atoms with Crippen LogP contribution >= 0.6 is 11.8 Å². The molecule has 0 aromatic carbocycles. The molecule has 0 aromatic heterocycles. The molecule has 0 spiro atoms. The van der Waals surface area contributed by atoms with Crippen molar-refractivity contribution < 1.29 is 18.7 Å². The Morgan fingerprint density at radius 2 is 1.95 bits per heavy atom. The van der Waals surface area contributed by atoms with E-state index in [-0.39, 0.29) is 27.8 Å². The summed E-state index contributed by atoms with van der Waals surface area (Å²) in [4.78, 5) is 11.1. The summed E-state index contributed by atoms with van der Waals surface area (Å²) < 4.78 is 17.5. The summed E-state index contributed by atoms with van der Waals surface area (Å²) in [6.07, 6.45) is 0.975. The van der Waals surface area contributed by atoms with Crippen molar-refractivity contribution in [1.82, 2.24) is 0 Å². The highest BCUT2D eigenvalue weighted by Gasteiger charge is 2.44. The van der Waals surface area contributed by atoms with Crippen LogP contribution in [0.5, 0.6) is 0 Å². The largest absolute Gasteiger partial charge is 0.465 e. The van der Waals surface area contributed by atoms with Crippen LogP contribution < -0.4 is 0 Å². The van der Waals surface area contributed by atoms with Gasteiger partial charge in [0, 0.05) is 20.0 Å². The van der Waals surface area contributed by atoms with Crippen LogP contribution in [0.2, 0.25) is 18.1 Å². The van der Waals surface area contributed by atoms with E-state index in [0.717, 1.165) is 6.42 Å². The third kappa shape index (κ3) is 5.58. The van der Waals surface area contributed by atoms with Gasteiger partial charge in [-0.25, -0.2) is 0 Å². The van der Waals surface area contributed by atoms with Gasteiger partial charge in [0.25, 0.3) is 0 Å². The van der Waals surface area contributed by atoms with Crippen molar-refractivity contribution in [2.75, 3.05) is 13.2 Å². The molecule has 1 unspecified atom stereocenters. The van der Waals surface area contributed by atoms with Crippen molar-refractivity contribution in [2.45, 2.75) is 76.0 Å². The summed E-state index contributed by atoms with van der Waals surface area (Å²) in [6.45, 7) is 15.8. The molecule has 0 N–H and O–H groups in total. The molecule has 21 heavy (non-hydrogen) atoms. The summed E-state index contributed by atoms with van der Waals surface area (Å²) in [5.41, 5.74) is 0.144. The number of carbonyl (C=O) groups is 1. The molecule has 6 heteroatoms. The highest BCUT2D eigenvalue weighted by Crippen LogP contribution is 2.43. The Morgan fingerprint density at radius 1 is 1.33 bits per heavy atom. The molecule has 0 aromatic rings. The molecule has 1 aliphatic rings. The number of thioether (sulfide) groups is 1. The fourth-order valence-corrected chi connectivity index (χ4v) is 4.86. The van der Waals surface area contributed by atoms with E-state index in [4.69, 9.17) is 13.9 Å². The monoisotopic (exact) mass is 334 g/mol. The van der Waals surface area contributed by atoms with Crippen LogP contribution in [-0.2, 0) is 18.7 Å². The molecule has 0 saturated carbocycles. The van der Waals surface area contributed by atoms with Crippen molar-refractivity contribution in [1.29, 1.82) is 0 Å². The molecule has 124 valence electrons. The van der Waals surface area contributed by atoms with Gasteiger partial charge in [-0.3, -0.25) is 4.79 Å². The van der Waals surface area contributed by atoms with Crippen LogP contribution in [0.3, 0.4) is 0 Å². The first-order valence-corrected chi connectivity index (χ1v) is 11.5. The average molecular weight is 335 g/mol. The normalized spacial score (nSPS) is 26.9. The molecule has 4 nitrogen and oxygen atoms in total. The molecular formula is C15H30O4SSi. The van der Waals surface area contributed by atoms with Gasteiger partial charge in [0.05, 0.1) is 11.4 Å². The summed E-state index contributed by atoms with van der Waals surface area (Å²) >= 11 is 1.73. The predicted molar refractivity (Wildman–Crippen MR) is 90.1 cm³/mol. The maximum atomic E-state index is 11.1. The molecule has 1 fully saturated rings. The Balaban J connectivity index is 2.72. The minimum atomic E-state index is -1.83. The lowest BCUT2D eigenvalue weighted by Crippen LogP contribution is -2.46. The van der Waals surface area contributed by atoms with Gasteiger partial charge >= 0.3 is 5.97 Å². The zero-order valence-corrected chi connectivity index (χ0v) is 16.2. The first kappa shape index (κ1) is 19.0. The van der Waals surface area contributed by atoms with Crippen molar-refractivity contribution in [3.05, 3.63) is 0 Å². The molecule has 0 radical (unpaired) electrons. The first-order chi connectivity index (χ1) is 9.56. The maximum Gasteiger partial charge on any atom is 0.302 e. The van der Waals surface area contributed by atoms with Crippen LogP contribution in [-0.4, -0.2) is 44.3 Å². The second-order valence-electron chi connectivity index (χ2n) is 7.01. The first-order valence-electron chi connectivity index (χ1n) is 7.65. The average Bonchev–Trinajstić information content (AvgIpc) is 2.67. The van der Waals surface area contributed by atoms with Crippen LogP contribution in [0.15, 0.2) is 0 Å². The number of hydrogen-bond donors (Lipinski definition) is 0. The van der Waals surface area contributed by atoms with E-state index < -0.39 is 8.32 Å². The van der Waals surface area contributed by atoms with Crippen molar-refractivity contribution in [3.63, 3.8) is 0 Å². The van der Waals surface area contributed by atoms with Crippen LogP contribution in [0.25, 0.3) is 0 Å². The molecule has 0 bridgehead atoms.